The van der Waals surface area contributed by atoms with Crippen LogP contribution >= 0.6 is 35.3 Å². The van der Waals surface area contributed by atoms with Gasteiger partial charge in [-0.3, -0.25) is 14.5 Å². The maximum Gasteiger partial charge on any atom is 0.303 e. The average molecular weight is 465 g/mol. The van der Waals surface area contributed by atoms with Crippen molar-refractivity contribution in [1.29, 1.82) is 0 Å². The molecule has 158 valence electrons. The summed E-state index contributed by atoms with van der Waals surface area (Å²) in [5.41, 5.74) is 8.29. The Morgan fingerprint density at radius 2 is 2.07 bits per heavy atom. The van der Waals surface area contributed by atoms with Crippen LogP contribution in [-0.4, -0.2) is 32.7 Å². The molecule has 1 aromatic heterocycles. The summed E-state index contributed by atoms with van der Waals surface area (Å²) in [7, 11) is 0. The lowest BCUT2D eigenvalue weighted by Gasteiger charge is -2.13. The van der Waals surface area contributed by atoms with Crippen molar-refractivity contribution in [2.24, 2.45) is 5.73 Å². The molecule has 1 fully saturated rings. The van der Waals surface area contributed by atoms with Crippen molar-refractivity contribution < 1.29 is 19.1 Å². The molecule has 0 bridgehead atoms. The van der Waals surface area contributed by atoms with Gasteiger partial charge in [-0.2, -0.15) is 0 Å². The lowest BCUT2D eigenvalue weighted by atomic mass is 10.0. The lowest BCUT2D eigenvalue weighted by Crippen LogP contribution is -2.29. The monoisotopic (exact) mass is 464 g/mol. The van der Waals surface area contributed by atoms with E-state index in [1.165, 1.54) is 35.2 Å². The van der Waals surface area contributed by atoms with Gasteiger partial charge >= 0.3 is 5.97 Å². The van der Waals surface area contributed by atoms with Crippen LogP contribution in [0.3, 0.4) is 0 Å². The van der Waals surface area contributed by atoms with Crippen molar-refractivity contribution in [2.45, 2.75) is 32.2 Å². The van der Waals surface area contributed by atoms with Crippen LogP contribution in [0.2, 0.25) is 0 Å². The third-order valence-electron chi connectivity index (χ3n) is 4.64. The summed E-state index contributed by atoms with van der Waals surface area (Å²) in [6, 6.07) is 6.52. The van der Waals surface area contributed by atoms with Crippen LogP contribution in [0.15, 0.2) is 34.6 Å². The van der Waals surface area contributed by atoms with E-state index in [2.05, 4.69) is 0 Å². The van der Waals surface area contributed by atoms with Gasteiger partial charge in [-0.25, -0.2) is 4.39 Å². The highest BCUT2D eigenvalue weighted by Crippen LogP contribution is 2.35. The molecule has 1 saturated heterocycles. The number of amides is 1. The first-order valence-corrected chi connectivity index (χ1v) is 11.5. The predicted octanol–water partition coefficient (Wildman–Crippen LogP) is 4.86. The first-order valence-electron chi connectivity index (χ1n) is 9.43. The molecule has 0 spiro atoms. The van der Waals surface area contributed by atoms with Crippen molar-refractivity contribution in [3.63, 3.8) is 0 Å². The minimum Gasteiger partial charge on any atom is -0.481 e. The lowest BCUT2D eigenvalue weighted by molar-refractivity contribution is -0.137. The number of nitrogens with zero attached hydrogens (tertiary/aromatic N) is 1. The summed E-state index contributed by atoms with van der Waals surface area (Å²) < 4.78 is 14.0. The molecule has 5 nitrogen and oxygen atoms in total. The Labute approximate surface area is 187 Å². The number of hydrogen-bond donors (Lipinski definition) is 2. The first-order chi connectivity index (χ1) is 14.4. The SMILES string of the molecule is NCc1cc(F)ccc1-c1csc(C=C2SC(=S)N(CCCCCC(=O)O)C2=O)c1. The van der Waals surface area contributed by atoms with Crippen molar-refractivity contribution >= 4 is 57.6 Å². The molecule has 1 amide bonds. The normalized spacial score (nSPS) is 15.4. The summed E-state index contributed by atoms with van der Waals surface area (Å²) in [6.45, 7) is 0.732. The van der Waals surface area contributed by atoms with Gasteiger partial charge in [0.1, 0.15) is 10.1 Å². The molecule has 2 heterocycles. The maximum absolute atomic E-state index is 13.5. The van der Waals surface area contributed by atoms with Crippen LogP contribution in [0.4, 0.5) is 4.39 Å². The second-order valence-electron chi connectivity index (χ2n) is 6.78. The van der Waals surface area contributed by atoms with Crippen molar-refractivity contribution in [3.05, 3.63) is 50.8 Å². The first kappa shape index (κ1) is 22.6. The summed E-state index contributed by atoms with van der Waals surface area (Å²) in [5.74, 6) is -1.25. The number of thiophene rings is 1. The van der Waals surface area contributed by atoms with Gasteiger partial charge in [0, 0.05) is 24.4 Å². The Morgan fingerprint density at radius 1 is 1.27 bits per heavy atom. The standard InChI is InChI=1S/C21H21FN2O3S3/c22-15-5-6-17(13(8-15)11-23)14-9-16(29-12-14)10-18-20(27)24(21(28)30-18)7-3-1-2-4-19(25)26/h5-6,8-10,12H,1-4,7,11,23H2,(H,25,26). The van der Waals surface area contributed by atoms with Gasteiger partial charge in [-0.05, 0) is 59.2 Å². The zero-order valence-electron chi connectivity index (χ0n) is 16.1. The highest BCUT2D eigenvalue weighted by Gasteiger charge is 2.31. The third-order valence-corrected chi connectivity index (χ3v) is 6.89. The van der Waals surface area contributed by atoms with Gasteiger partial charge < -0.3 is 10.8 Å². The number of carboxylic acids is 1. The number of aliphatic carboxylic acids is 1. The number of hydrogen-bond acceptors (Lipinski definition) is 6. The molecule has 3 rings (SSSR count). The number of rotatable bonds is 9. The van der Waals surface area contributed by atoms with E-state index in [-0.39, 0.29) is 24.7 Å². The Bertz CT molecular complexity index is 1000. The minimum absolute atomic E-state index is 0.123. The van der Waals surface area contributed by atoms with Gasteiger partial charge in [-0.1, -0.05) is 36.5 Å². The number of unbranched alkanes of at least 4 members (excludes halogenated alkanes) is 2. The van der Waals surface area contributed by atoms with Gasteiger partial charge in [0.15, 0.2) is 0 Å². The van der Waals surface area contributed by atoms with Gasteiger partial charge in [0.2, 0.25) is 0 Å². The number of thiocarbonyl (C=S) groups is 1. The summed E-state index contributed by atoms with van der Waals surface area (Å²) >= 11 is 8.11. The molecule has 1 aliphatic heterocycles. The van der Waals surface area contributed by atoms with Crippen LogP contribution in [0, 0.1) is 5.82 Å². The number of carboxylic acid groups (broad SMARTS) is 1. The Hall–Kier alpha value is -2.07. The molecular formula is C21H21FN2O3S3. The molecule has 2 aromatic rings. The zero-order chi connectivity index (χ0) is 21.7. The number of carbonyl (C=O) groups excluding carboxylic acids is 1. The fourth-order valence-corrected chi connectivity index (χ4v) is 5.34. The van der Waals surface area contributed by atoms with E-state index in [0.717, 1.165) is 28.0 Å². The molecule has 1 aromatic carbocycles. The van der Waals surface area contributed by atoms with Crippen LogP contribution in [0.5, 0.6) is 0 Å². The quantitative estimate of drug-likeness (QED) is 0.313. The predicted molar refractivity (Wildman–Crippen MR) is 124 cm³/mol. The Morgan fingerprint density at radius 3 is 2.80 bits per heavy atom. The van der Waals surface area contributed by atoms with Crippen LogP contribution in [0.25, 0.3) is 17.2 Å². The molecule has 3 N–H and O–H groups in total. The number of carbonyl (C=O) groups is 2. The summed E-state index contributed by atoms with van der Waals surface area (Å²) in [4.78, 5) is 26.3. The van der Waals surface area contributed by atoms with Gasteiger partial charge in [0.25, 0.3) is 5.91 Å². The molecule has 0 aliphatic carbocycles. The second kappa shape index (κ2) is 10.3. The summed E-state index contributed by atoms with van der Waals surface area (Å²) in [5, 5.41) is 10.6. The molecule has 0 unspecified atom stereocenters. The van der Waals surface area contributed by atoms with E-state index in [0.29, 0.717) is 28.6 Å². The van der Waals surface area contributed by atoms with Gasteiger partial charge in [-0.15, -0.1) is 11.3 Å². The van der Waals surface area contributed by atoms with Crippen molar-refractivity contribution in [3.8, 4) is 11.1 Å². The molecule has 0 radical (unpaired) electrons. The smallest absolute Gasteiger partial charge is 0.303 e. The molecule has 30 heavy (non-hydrogen) atoms. The average Bonchev–Trinajstić information content (AvgIpc) is 3.27. The number of benzene rings is 1. The fraction of sp³-hybridized carbons (Fsp3) is 0.286. The van der Waals surface area contributed by atoms with E-state index in [4.69, 9.17) is 23.1 Å². The zero-order valence-corrected chi connectivity index (χ0v) is 18.5. The highest BCUT2D eigenvalue weighted by molar-refractivity contribution is 8.26. The largest absolute Gasteiger partial charge is 0.481 e. The van der Waals surface area contributed by atoms with Crippen LogP contribution < -0.4 is 5.73 Å². The summed E-state index contributed by atoms with van der Waals surface area (Å²) in [6.07, 6.45) is 4.00. The topological polar surface area (TPSA) is 83.6 Å². The van der Waals surface area contributed by atoms with Crippen LogP contribution in [0.1, 0.15) is 36.1 Å². The van der Waals surface area contributed by atoms with E-state index in [9.17, 15) is 14.0 Å². The second-order valence-corrected chi connectivity index (χ2v) is 9.40. The number of halogens is 1. The van der Waals surface area contributed by atoms with E-state index >= 15 is 0 Å². The molecule has 9 heteroatoms. The van der Waals surface area contributed by atoms with Crippen LogP contribution in [-0.2, 0) is 16.1 Å². The van der Waals surface area contributed by atoms with E-state index in [1.54, 1.807) is 11.0 Å². The number of thioether (sulfide) groups is 1. The molecule has 0 atom stereocenters. The minimum atomic E-state index is -0.807. The maximum atomic E-state index is 13.5. The molecule has 1 aliphatic rings. The van der Waals surface area contributed by atoms with E-state index in [1.807, 2.05) is 17.5 Å². The molecular weight excluding hydrogens is 443 g/mol. The fourth-order valence-electron chi connectivity index (χ4n) is 3.13. The highest BCUT2D eigenvalue weighted by atomic mass is 32.2. The molecule has 0 saturated carbocycles. The number of nitrogens with two attached hydrogens (primary N) is 1. The third kappa shape index (κ3) is 5.54. The van der Waals surface area contributed by atoms with Crippen molar-refractivity contribution in [1.82, 2.24) is 4.90 Å². The van der Waals surface area contributed by atoms with Gasteiger partial charge in [0.05, 0.1) is 4.91 Å². The van der Waals surface area contributed by atoms with E-state index < -0.39 is 5.97 Å². The Balaban J connectivity index is 1.67. The van der Waals surface area contributed by atoms with Crippen molar-refractivity contribution in [2.75, 3.05) is 6.54 Å². The Kier molecular flexibility index (Phi) is 7.76.